The maximum Gasteiger partial charge on any atom is 0.503 e. The number of rotatable bonds is 0. The van der Waals surface area contributed by atoms with Gasteiger partial charge in [0.2, 0.25) is 0 Å². The average molecular weight is 177 g/mol. The van der Waals surface area contributed by atoms with Gasteiger partial charge >= 0.3 is 6.16 Å². The fourth-order valence-electron chi connectivity index (χ4n) is 0. The molecule has 0 saturated carbocycles. The fourth-order valence-corrected chi connectivity index (χ4v) is 0. The Kier molecular flexibility index (Phi) is 24.4. The Morgan fingerprint density at radius 1 is 1.33 bits per heavy atom. The molecule has 0 saturated heterocycles. The van der Waals surface area contributed by atoms with E-state index in [0.29, 0.717) is 0 Å². The Bertz CT molecular complexity index is 33.8. The van der Waals surface area contributed by atoms with Crippen molar-refractivity contribution >= 4 is 6.16 Å². The van der Waals surface area contributed by atoms with E-state index >= 15 is 0 Å². The molecule has 0 fully saturated rings. The molecular formula is CH2CoFeO3. The van der Waals surface area contributed by atoms with Crippen molar-refractivity contribution in [1.29, 1.82) is 0 Å². The molecule has 0 aliphatic carbocycles. The molecule has 0 atom stereocenters. The second-order valence-corrected chi connectivity index (χ2v) is 0.283. The van der Waals surface area contributed by atoms with E-state index in [2.05, 4.69) is 0 Å². The van der Waals surface area contributed by atoms with Gasteiger partial charge in [0.05, 0.1) is 0 Å². The zero-order valence-electron chi connectivity index (χ0n) is 2.49. The summed E-state index contributed by atoms with van der Waals surface area (Å²) in [6.07, 6.45) is -1.83. The van der Waals surface area contributed by atoms with Crippen LogP contribution in [0.1, 0.15) is 0 Å². The van der Waals surface area contributed by atoms with Gasteiger partial charge in [0.25, 0.3) is 0 Å². The predicted molar refractivity (Wildman–Crippen MR) is 10.7 cm³/mol. The Balaban J connectivity index is -0.0000000450. The molecule has 0 aromatic heterocycles. The number of hydrogen-bond acceptors (Lipinski definition) is 1. The van der Waals surface area contributed by atoms with Gasteiger partial charge in [0, 0.05) is 33.8 Å². The van der Waals surface area contributed by atoms with Crippen molar-refractivity contribution in [2.75, 3.05) is 0 Å². The van der Waals surface area contributed by atoms with Crippen LogP contribution < -0.4 is 0 Å². The van der Waals surface area contributed by atoms with Gasteiger partial charge in [-0.3, -0.25) is 0 Å². The van der Waals surface area contributed by atoms with Gasteiger partial charge in [-0.25, -0.2) is 4.79 Å². The zero-order chi connectivity index (χ0) is 3.58. The summed E-state index contributed by atoms with van der Waals surface area (Å²) >= 11 is 0. The number of hydrogen-bond donors (Lipinski definition) is 2. The third-order valence-electron chi connectivity index (χ3n) is 0. The second kappa shape index (κ2) is 9.00. The quantitative estimate of drug-likeness (QED) is 0.520. The molecule has 0 aliphatic rings. The van der Waals surface area contributed by atoms with Gasteiger partial charge in [-0.2, -0.15) is 0 Å². The third-order valence-corrected chi connectivity index (χ3v) is 0. The van der Waals surface area contributed by atoms with E-state index in [-0.39, 0.29) is 33.8 Å². The molecule has 0 heterocycles. The van der Waals surface area contributed by atoms with E-state index in [4.69, 9.17) is 15.0 Å². The van der Waals surface area contributed by atoms with Crippen LogP contribution in [0.15, 0.2) is 0 Å². The SMILES string of the molecule is O=C(O)O.[Co].[Fe]. The third kappa shape index (κ3) is 533. The van der Waals surface area contributed by atoms with Crippen molar-refractivity contribution in [3.8, 4) is 0 Å². The number of carbonyl (C=O) groups is 1. The molecule has 0 spiro atoms. The maximum absolute atomic E-state index is 8.56. The Hall–Kier alpha value is 0.296. The molecule has 0 amide bonds. The average Bonchev–Trinajstić information content (AvgIpc) is 0.811. The molecule has 41 valence electrons. The van der Waals surface area contributed by atoms with E-state index in [9.17, 15) is 0 Å². The van der Waals surface area contributed by atoms with Crippen LogP contribution in [0.3, 0.4) is 0 Å². The summed E-state index contributed by atoms with van der Waals surface area (Å²) in [6.45, 7) is 0. The van der Waals surface area contributed by atoms with Crippen molar-refractivity contribution < 1.29 is 48.9 Å². The van der Waals surface area contributed by atoms with Crippen LogP contribution in [0, 0.1) is 0 Å². The Morgan fingerprint density at radius 3 is 1.33 bits per heavy atom. The van der Waals surface area contributed by atoms with Crippen LogP contribution in [-0.2, 0) is 33.8 Å². The summed E-state index contributed by atoms with van der Waals surface area (Å²) < 4.78 is 0. The molecule has 0 bridgehead atoms. The first kappa shape index (κ1) is 16.3. The van der Waals surface area contributed by atoms with E-state index in [0.717, 1.165) is 0 Å². The first-order valence-electron chi connectivity index (χ1n) is 0.651. The maximum atomic E-state index is 8.56. The summed E-state index contributed by atoms with van der Waals surface area (Å²) in [7, 11) is 0. The number of carboxylic acid groups (broad SMARTS) is 2. The van der Waals surface area contributed by atoms with Crippen LogP contribution in [0.2, 0.25) is 0 Å². The summed E-state index contributed by atoms with van der Waals surface area (Å²) in [5, 5.41) is 13.9. The summed E-state index contributed by atoms with van der Waals surface area (Å²) in [5.41, 5.74) is 0. The minimum atomic E-state index is -1.83. The largest absolute Gasteiger partial charge is 0.503 e. The van der Waals surface area contributed by atoms with E-state index in [1.54, 1.807) is 0 Å². The molecule has 0 rings (SSSR count). The van der Waals surface area contributed by atoms with Crippen molar-refractivity contribution in [2.24, 2.45) is 0 Å². The minimum absolute atomic E-state index is 0. The zero-order valence-corrected chi connectivity index (χ0v) is 4.63. The summed E-state index contributed by atoms with van der Waals surface area (Å²) in [4.78, 5) is 8.56. The van der Waals surface area contributed by atoms with Crippen LogP contribution in [-0.4, -0.2) is 16.4 Å². The molecule has 0 aromatic carbocycles. The first-order chi connectivity index (χ1) is 1.73. The van der Waals surface area contributed by atoms with Crippen molar-refractivity contribution in [3.63, 3.8) is 0 Å². The standard InChI is InChI=1S/CH2O3.Co.Fe/c2-1(3)4;;/h(H2,2,3,4);;. The monoisotopic (exact) mass is 177 g/mol. The van der Waals surface area contributed by atoms with Gasteiger partial charge in [0.1, 0.15) is 0 Å². The van der Waals surface area contributed by atoms with E-state index in [1.165, 1.54) is 0 Å². The van der Waals surface area contributed by atoms with Crippen LogP contribution >= 0.6 is 0 Å². The smallest absolute Gasteiger partial charge is 0.450 e. The molecule has 5 heteroatoms. The topological polar surface area (TPSA) is 57.5 Å². The molecule has 2 N–H and O–H groups in total. The van der Waals surface area contributed by atoms with E-state index in [1.807, 2.05) is 0 Å². The van der Waals surface area contributed by atoms with E-state index < -0.39 is 6.16 Å². The van der Waals surface area contributed by atoms with Crippen LogP contribution in [0.25, 0.3) is 0 Å². The van der Waals surface area contributed by atoms with Gasteiger partial charge in [-0.05, 0) is 0 Å². The fraction of sp³-hybridized carbons (Fsp3) is 0. The molecular weight excluding hydrogens is 175 g/mol. The van der Waals surface area contributed by atoms with Crippen molar-refractivity contribution in [2.45, 2.75) is 0 Å². The van der Waals surface area contributed by atoms with Crippen LogP contribution in [0.5, 0.6) is 0 Å². The first-order valence-corrected chi connectivity index (χ1v) is 0.651. The Morgan fingerprint density at radius 2 is 1.33 bits per heavy atom. The predicted octanol–water partition coefficient (Wildman–Crippen LogP) is 0.217. The molecule has 6 heavy (non-hydrogen) atoms. The normalized spacial score (nSPS) is 4.00. The van der Waals surface area contributed by atoms with Crippen LogP contribution in [0.4, 0.5) is 4.79 Å². The molecule has 0 aromatic rings. The molecule has 1 radical (unpaired) electrons. The van der Waals surface area contributed by atoms with Crippen molar-refractivity contribution in [3.05, 3.63) is 0 Å². The second-order valence-electron chi connectivity index (χ2n) is 0.283. The van der Waals surface area contributed by atoms with Crippen molar-refractivity contribution in [1.82, 2.24) is 0 Å². The summed E-state index contributed by atoms with van der Waals surface area (Å²) in [5.74, 6) is 0. The van der Waals surface area contributed by atoms with Gasteiger partial charge in [-0.1, -0.05) is 0 Å². The summed E-state index contributed by atoms with van der Waals surface area (Å²) in [6, 6.07) is 0. The Labute approximate surface area is 55.4 Å². The molecule has 3 nitrogen and oxygen atoms in total. The molecule has 0 unspecified atom stereocenters. The molecule has 0 aliphatic heterocycles. The minimum Gasteiger partial charge on any atom is -0.450 e. The van der Waals surface area contributed by atoms with Gasteiger partial charge in [-0.15, -0.1) is 0 Å². The van der Waals surface area contributed by atoms with Gasteiger partial charge < -0.3 is 10.2 Å². The van der Waals surface area contributed by atoms with Gasteiger partial charge in [0.15, 0.2) is 0 Å².